The van der Waals surface area contributed by atoms with Gasteiger partial charge < -0.3 is 4.90 Å². The fourth-order valence-corrected chi connectivity index (χ4v) is 4.75. The monoisotopic (exact) mass is 359 g/mol. The molecule has 130 valence electrons. The first-order valence-electron chi connectivity index (χ1n) is 8.74. The molecule has 4 rings (SSSR count). The third kappa shape index (κ3) is 2.63. The SMILES string of the molecule is CN1C(=CC=CC=C2Sc3ccccc3C2=O)C(C)(C)c2ccccc21. The number of fused-ring (bicyclic) bond motifs is 2. The zero-order valence-corrected chi connectivity index (χ0v) is 16.0. The molecule has 2 heterocycles. The molecule has 0 aliphatic carbocycles. The molecule has 2 aromatic rings. The Morgan fingerprint density at radius 1 is 0.962 bits per heavy atom. The highest BCUT2D eigenvalue weighted by molar-refractivity contribution is 8.04. The molecule has 3 heteroatoms. The summed E-state index contributed by atoms with van der Waals surface area (Å²) in [5.41, 5.74) is 4.63. The van der Waals surface area contributed by atoms with Gasteiger partial charge >= 0.3 is 0 Å². The van der Waals surface area contributed by atoms with Crippen molar-refractivity contribution < 1.29 is 4.79 Å². The van der Waals surface area contributed by atoms with Gasteiger partial charge in [0.2, 0.25) is 5.78 Å². The topological polar surface area (TPSA) is 20.3 Å². The number of likely N-dealkylation sites (N-methyl/N-ethyl adjacent to an activating group) is 1. The van der Waals surface area contributed by atoms with Gasteiger partial charge in [0.25, 0.3) is 0 Å². The van der Waals surface area contributed by atoms with E-state index < -0.39 is 0 Å². The highest BCUT2D eigenvalue weighted by Crippen LogP contribution is 2.46. The van der Waals surface area contributed by atoms with E-state index in [0.29, 0.717) is 0 Å². The van der Waals surface area contributed by atoms with Crippen LogP contribution in [0.2, 0.25) is 0 Å². The molecule has 0 bridgehead atoms. The summed E-state index contributed by atoms with van der Waals surface area (Å²) < 4.78 is 0. The molecule has 0 fully saturated rings. The molecule has 2 nitrogen and oxygen atoms in total. The maximum atomic E-state index is 12.4. The minimum absolute atomic E-state index is 0.0308. The third-order valence-electron chi connectivity index (χ3n) is 5.13. The molecule has 0 aromatic heterocycles. The van der Waals surface area contributed by atoms with Crippen LogP contribution in [-0.2, 0) is 5.41 Å². The highest BCUT2D eigenvalue weighted by Gasteiger charge is 2.37. The quantitative estimate of drug-likeness (QED) is 0.639. The second-order valence-corrected chi connectivity index (χ2v) is 8.18. The van der Waals surface area contributed by atoms with E-state index in [1.807, 2.05) is 42.5 Å². The maximum absolute atomic E-state index is 12.4. The lowest BCUT2D eigenvalue weighted by Crippen LogP contribution is -2.22. The average molecular weight is 359 g/mol. The number of thioether (sulfide) groups is 1. The number of allylic oxidation sites excluding steroid dienone is 6. The number of benzene rings is 2. The van der Waals surface area contributed by atoms with Gasteiger partial charge in [0.05, 0.1) is 4.91 Å². The number of rotatable bonds is 2. The Morgan fingerprint density at radius 2 is 1.65 bits per heavy atom. The maximum Gasteiger partial charge on any atom is 0.200 e. The third-order valence-corrected chi connectivity index (χ3v) is 6.25. The molecule has 26 heavy (non-hydrogen) atoms. The number of nitrogens with zero attached hydrogens (tertiary/aromatic N) is 1. The Hall–Kier alpha value is -2.52. The largest absolute Gasteiger partial charge is 0.347 e. The van der Waals surface area contributed by atoms with E-state index in [1.54, 1.807) is 11.8 Å². The molecule has 0 saturated heterocycles. The van der Waals surface area contributed by atoms with Crippen LogP contribution in [0.5, 0.6) is 0 Å². The highest BCUT2D eigenvalue weighted by atomic mass is 32.2. The number of hydrogen-bond donors (Lipinski definition) is 0. The van der Waals surface area contributed by atoms with Crippen molar-refractivity contribution in [2.45, 2.75) is 24.2 Å². The molecule has 0 radical (unpaired) electrons. The van der Waals surface area contributed by atoms with Crippen LogP contribution in [0.3, 0.4) is 0 Å². The van der Waals surface area contributed by atoms with Gasteiger partial charge in [0, 0.05) is 34.3 Å². The second kappa shape index (κ2) is 6.33. The van der Waals surface area contributed by atoms with E-state index in [2.05, 4.69) is 56.1 Å². The summed E-state index contributed by atoms with van der Waals surface area (Å²) >= 11 is 1.55. The molecule has 0 N–H and O–H groups in total. The van der Waals surface area contributed by atoms with Crippen molar-refractivity contribution in [3.05, 3.63) is 94.6 Å². The second-order valence-electron chi connectivity index (χ2n) is 7.10. The van der Waals surface area contributed by atoms with Gasteiger partial charge in [-0.3, -0.25) is 4.79 Å². The Balaban J connectivity index is 1.57. The first-order chi connectivity index (χ1) is 12.5. The lowest BCUT2D eigenvalue weighted by molar-refractivity contribution is 0.104. The number of Topliss-reactive ketones (excluding diaryl/α,β-unsaturated/α-hetero) is 1. The van der Waals surface area contributed by atoms with E-state index in [-0.39, 0.29) is 11.2 Å². The van der Waals surface area contributed by atoms with Gasteiger partial charge in [-0.25, -0.2) is 0 Å². The Kier molecular flexibility index (Phi) is 4.12. The van der Waals surface area contributed by atoms with E-state index in [0.717, 1.165) is 15.4 Å². The van der Waals surface area contributed by atoms with Crippen LogP contribution in [0.25, 0.3) is 0 Å². The molecule has 2 aliphatic heterocycles. The number of hydrogen-bond acceptors (Lipinski definition) is 3. The summed E-state index contributed by atoms with van der Waals surface area (Å²) in [5, 5.41) is 0. The summed E-state index contributed by atoms with van der Waals surface area (Å²) in [4.78, 5) is 16.5. The number of anilines is 1. The zero-order valence-electron chi connectivity index (χ0n) is 15.2. The molecule has 0 spiro atoms. The average Bonchev–Trinajstić information content (AvgIpc) is 3.06. The van der Waals surface area contributed by atoms with Crippen molar-refractivity contribution in [2.75, 3.05) is 11.9 Å². The minimum atomic E-state index is -0.0308. The van der Waals surface area contributed by atoms with E-state index in [1.165, 1.54) is 16.9 Å². The first kappa shape index (κ1) is 16.9. The van der Waals surface area contributed by atoms with Crippen LogP contribution >= 0.6 is 11.8 Å². The van der Waals surface area contributed by atoms with Crippen LogP contribution in [0.15, 0.2) is 88.3 Å². The fourth-order valence-electron chi connectivity index (χ4n) is 3.74. The Morgan fingerprint density at radius 3 is 2.42 bits per heavy atom. The molecule has 0 unspecified atom stereocenters. The van der Waals surface area contributed by atoms with Gasteiger partial charge in [0.1, 0.15) is 0 Å². The zero-order chi connectivity index (χ0) is 18.3. The smallest absolute Gasteiger partial charge is 0.200 e. The van der Waals surface area contributed by atoms with Crippen molar-refractivity contribution in [1.82, 2.24) is 0 Å². The molecular weight excluding hydrogens is 338 g/mol. The summed E-state index contributed by atoms with van der Waals surface area (Å²) in [6.07, 6.45) is 8.06. The van der Waals surface area contributed by atoms with Crippen LogP contribution in [-0.4, -0.2) is 12.8 Å². The molecule has 2 aliphatic rings. The summed E-state index contributed by atoms with van der Waals surface area (Å²) in [5.74, 6) is 0.119. The van der Waals surface area contributed by atoms with Gasteiger partial charge in [-0.2, -0.15) is 0 Å². The molecule has 0 saturated carbocycles. The molecule has 0 atom stereocenters. The minimum Gasteiger partial charge on any atom is -0.347 e. The van der Waals surface area contributed by atoms with Crippen molar-refractivity contribution >= 4 is 23.2 Å². The number of ketones is 1. The summed E-state index contributed by atoms with van der Waals surface area (Å²) in [7, 11) is 2.11. The van der Waals surface area contributed by atoms with Crippen LogP contribution in [0.4, 0.5) is 5.69 Å². The summed E-state index contributed by atoms with van der Waals surface area (Å²) in [6.45, 7) is 4.50. The molecule has 2 aromatic carbocycles. The molecular formula is C23H21NOS. The Bertz CT molecular complexity index is 981. The predicted molar refractivity (Wildman–Crippen MR) is 110 cm³/mol. The Labute approximate surface area is 158 Å². The van der Waals surface area contributed by atoms with Gasteiger partial charge in [0.15, 0.2) is 0 Å². The lowest BCUT2D eigenvalue weighted by atomic mass is 9.84. The molecule has 0 amide bonds. The van der Waals surface area contributed by atoms with Gasteiger partial charge in [-0.05, 0) is 35.9 Å². The number of para-hydroxylation sites is 1. The number of carbonyl (C=O) groups is 1. The van der Waals surface area contributed by atoms with Gasteiger partial charge in [-0.15, -0.1) is 0 Å². The number of carbonyl (C=O) groups excluding carboxylic acids is 1. The van der Waals surface area contributed by atoms with Crippen molar-refractivity contribution in [3.8, 4) is 0 Å². The van der Waals surface area contributed by atoms with Crippen molar-refractivity contribution in [2.24, 2.45) is 0 Å². The standard InChI is InChI=1S/C23H21NOS/c1-23(2)17-11-5-6-12-18(17)24(3)21(23)15-9-8-14-20-22(25)16-10-4-7-13-19(16)26-20/h4-15H,1-3H3. The fraction of sp³-hybridized carbons (Fsp3) is 0.174. The van der Waals surface area contributed by atoms with E-state index in [9.17, 15) is 4.79 Å². The van der Waals surface area contributed by atoms with Gasteiger partial charge in [-0.1, -0.05) is 68.1 Å². The van der Waals surface area contributed by atoms with Crippen molar-refractivity contribution in [3.63, 3.8) is 0 Å². The first-order valence-corrected chi connectivity index (χ1v) is 9.56. The van der Waals surface area contributed by atoms with Crippen LogP contribution in [0, 0.1) is 0 Å². The lowest BCUT2D eigenvalue weighted by Gasteiger charge is -2.23. The van der Waals surface area contributed by atoms with Crippen LogP contribution < -0.4 is 4.90 Å². The normalized spacial score (nSPS) is 21.0. The van der Waals surface area contributed by atoms with Crippen LogP contribution in [0.1, 0.15) is 29.8 Å². The van der Waals surface area contributed by atoms with E-state index in [4.69, 9.17) is 0 Å². The summed E-state index contributed by atoms with van der Waals surface area (Å²) in [6, 6.07) is 16.3. The predicted octanol–water partition coefficient (Wildman–Crippen LogP) is 5.73. The van der Waals surface area contributed by atoms with Crippen molar-refractivity contribution in [1.29, 1.82) is 0 Å². The van der Waals surface area contributed by atoms with E-state index >= 15 is 0 Å².